The number of nitrogens with two attached hydrogens (primary N) is 1. The summed E-state index contributed by atoms with van der Waals surface area (Å²) in [5.74, 6) is 4.28. The predicted molar refractivity (Wildman–Crippen MR) is 262 cm³/mol. The number of nitrogens with zero attached hydrogens (tertiary/aromatic N) is 4. The second kappa shape index (κ2) is 25.2. The van der Waals surface area contributed by atoms with Gasteiger partial charge in [0.1, 0.15) is 35.3 Å². The quantitative estimate of drug-likeness (QED) is 0.0403. The molecule has 0 aliphatic carbocycles. The first-order chi connectivity index (χ1) is 30.1. The van der Waals surface area contributed by atoms with E-state index < -0.39 is 19.7 Å². The van der Waals surface area contributed by atoms with Crippen LogP contribution < -0.4 is 40.6 Å². The van der Waals surface area contributed by atoms with Crippen LogP contribution in [0.3, 0.4) is 0 Å². The highest BCUT2D eigenvalue weighted by atomic mass is 35.5. The lowest BCUT2D eigenvalue weighted by molar-refractivity contribution is 0.355. The van der Waals surface area contributed by atoms with Gasteiger partial charge in [0.25, 0.3) is 0 Å². The molecule has 0 atom stereocenters. The zero-order chi connectivity index (χ0) is 46.2. The third kappa shape index (κ3) is 14.8. The van der Waals surface area contributed by atoms with E-state index in [1.807, 2.05) is 18.6 Å². The molecule has 0 spiro atoms. The molecule has 0 aliphatic heterocycles. The Hall–Kier alpha value is -5.38. The Bertz CT molecular complexity index is 2700. The molecule has 6 rings (SSSR count). The Balaban J connectivity index is 0.000000284. The van der Waals surface area contributed by atoms with Gasteiger partial charge in [0.15, 0.2) is 42.7 Å². The van der Waals surface area contributed by atoms with Crippen molar-refractivity contribution in [1.82, 2.24) is 19.9 Å². The van der Waals surface area contributed by atoms with E-state index in [0.717, 1.165) is 15.5 Å². The van der Waals surface area contributed by atoms with Gasteiger partial charge in [-0.05, 0) is 73.2 Å². The van der Waals surface area contributed by atoms with Crippen molar-refractivity contribution in [1.29, 1.82) is 0 Å². The van der Waals surface area contributed by atoms with Crippen molar-refractivity contribution < 1.29 is 35.8 Å². The van der Waals surface area contributed by atoms with E-state index in [-0.39, 0.29) is 33.7 Å². The summed E-state index contributed by atoms with van der Waals surface area (Å²) in [6.07, 6.45) is 6.62. The number of methoxy groups -OCH3 is 4. The van der Waals surface area contributed by atoms with Crippen LogP contribution in [0.4, 0.5) is 40.2 Å². The number of halogens is 2. The van der Waals surface area contributed by atoms with Crippen molar-refractivity contribution in [2.75, 3.05) is 74.1 Å². The van der Waals surface area contributed by atoms with Crippen LogP contribution in [0.2, 0.25) is 5.15 Å². The van der Waals surface area contributed by atoms with E-state index in [4.69, 9.17) is 36.3 Å². The van der Waals surface area contributed by atoms with Gasteiger partial charge in [0.05, 0.1) is 61.1 Å². The first kappa shape index (κ1) is 53.0. The molecule has 64 heavy (non-hydrogen) atoms. The van der Waals surface area contributed by atoms with Crippen molar-refractivity contribution in [3.63, 3.8) is 0 Å². The van der Waals surface area contributed by atoms with Crippen molar-refractivity contribution >= 4 is 107 Å². The Morgan fingerprint density at radius 2 is 1.00 bits per heavy atom. The molecule has 0 aliphatic rings. The predicted octanol–water partition coefficient (Wildman–Crippen LogP) is 9.59. The summed E-state index contributed by atoms with van der Waals surface area (Å²) in [6.45, 7) is 3.25. The van der Waals surface area contributed by atoms with Gasteiger partial charge in [-0.2, -0.15) is 0 Å². The maximum absolute atomic E-state index is 12.3. The third-order valence-corrected chi connectivity index (χ3v) is 14.0. The van der Waals surface area contributed by atoms with E-state index >= 15 is 0 Å². The number of benzene rings is 4. The van der Waals surface area contributed by atoms with Crippen LogP contribution >= 0.6 is 47.5 Å². The summed E-state index contributed by atoms with van der Waals surface area (Å²) in [4.78, 5) is 18.8. The van der Waals surface area contributed by atoms with Crippen LogP contribution in [0, 0.1) is 0 Å². The molecule has 0 unspecified atom stereocenters. The smallest absolute Gasteiger partial charge is 0.178 e. The number of thioether (sulfide) groups is 2. The van der Waals surface area contributed by atoms with Gasteiger partial charge in [-0.25, -0.2) is 36.8 Å². The first-order valence-corrected chi connectivity index (χ1v) is 24.9. The highest BCUT2D eigenvalue weighted by Crippen LogP contribution is 2.34. The van der Waals surface area contributed by atoms with Crippen LogP contribution in [0.1, 0.15) is 13.8 Å². The molecule has 0 bridgehead atoms. The number of aromatic nitrogens is 4. The van der Waals surface area contributed by atoms with Gasteiger partial charge >= 0.3 is 0 Å². The average molecular weight is 994 g/mol. The molecule has 4 aromatic carbocycles. The van der Waals surface area contributed by atoms with Gasteiger partial charge in [-0.15, -0.1) is 35.9 Å². The fourth-order valence-electron chi connectivity index (χ4n) is 5.38. The zero-order valence-electron chi connectivity index (χ0n) is 36.2. The number of anilines is 7. The minimum Gasteiger partial charge on any atom is -0.493 e. The fourth-order valence-corrected chi connectivity index (χ4v) is 8.40. The normalized spacial score (nSPS) is 10.7. The van der Waals surface area contributed by atoms with Gasteiger partial charge in [0, 0.05) is 45.4 Å². The number of ether oxygens (including phenoxy) is 4. The molecule has 16 nitrogen and oxygen atoms in total. The summed E-state index contributed by atoms with van der Waals surface area (Å²) < 4.78 is 69.1. The minimum absolute atomic E-state index is 0. The topological polar surface area (TPSA) is 219 Å². The monoisotopic (exact) mass is 992 g/mol. The lowest BCUT2D eigenvalue weighted by atomic mass is 10.2. The second-order valence-electron chi connectivity index (χ2n) is 12.6. The van der Waals surface area contributed by atoms with E-state index in [0.29, 0.717) is 62.7 Å². The SMILES string of the molecule is CCS(=O)(=O)c1ccc(SC)c(Nc2cc(Cl)ncn2)c1.CCS(=O)(=O)c1ccc(SC)c(Nc2cc(Nc3ccc(OC)c(OC)c3)ncn2)c1.COc1ccc(N)cc1OC.Cl. The number of rotatable bonds is 16. The van der Waals surface area contributed by atoms with Gasteiger partial charge in [0.2, 0.25) is 0 Å². The maximum atomic E-state index is 12.3. The molecular weight excluding hydrogens is 944 g/mol. The lowest BCUT2D eigenvalue weighted by Gasteiger charge is -2.13. The number of hydrogen-bond acceptors (Lipinski definition) is 18. The Kier molecular flexibility index (Phi) is 20.9. The van der Waals surface area contributed by atoms with Gasteiger partial charge in [-0.1, -0.05) is 25.4 Å². The van der Waals surface area contributed by atoms with Crippen LogP contribution in [-0.4, -0.2) is 89.2 Å². The van der Waals surface area contributed by atoms with Crippen LogP contribution in [0.15, 0.2) is 117 Å². The Morgan fingerprint density at radius 1 is 0.562 bits per heavy atom. The lowest BCUT2D eigenvalue weighted by Crippen LogP contribution is -2.05. The molecule has 5 N–H and O–H groups in total. The molecule has 6 aromatic rings. The Labute approximate surface area is 394 Å². The molecule has 344 valence electrons. The van der Waals surface area contributed by atoms with E-state index in [2.05, 4.69) is 35.9 Å². The number of sulfone groups is 2. The molecule has 0 fully saturated rings. The van der Waals surface area contributed by atoms with Crippen LogP contribution in [0.5, 0.6) is 23.0 Å². The van der Waals surface area contributed by atoms with Crippen LogP contribution in [-0.2, 0) is 19.7 Å². The fraction of sp³-hybridized carbons (Fsp3) is 0.238. The van der Waals surface area contributed by atoms with E-state index in [1.165, 1.54) is 36.2 Å². The number of nitrogen functional groups attached to an aromatic ring is 1. The van der Waals surface area contributed by atoms with Gasteiger partial charge in [-0.3, -0.25) is 0 Å². The summed E-state index contributed by atoms with van der Waals surface area (Å²) in [7, 11) is -0.244. The minimum atomic E-state index is -3.32. The summed E-state index contributed by atoms with van der Waals surface area (Å²) in [5.41, 5.74) is 8.30. The van der Waals surface area contributed by atoms with Crippen molar-refractivity contribution in [2.24, 2.45) is 0 Å². The van der Waals surface area contributed by atoms with Crippen LogP contribution in [0.25, 0.3) is 0 Å². The highest BCUT2D eigenvalue weighted by molar-refractivity contribution is 7.99. The molecule has 0 amide bonds. The largest absolute Gasteiger partial charge is 0.493 e. The molecule has 0 saturated carbocycles. The van der Waals surface area contributed by atoms with Crippen molar-refractivity contribution in [3.8, 4) is 23.0 Å². The average Bonchev–Trinajstić information content (AvgIpc) is 3.29. The molecular formula is C42H50Cl2N8O8S4. The second-order valence-corrected chi connectivity index (χ2v) is 19.2. The summed E-state index contributed by atoms with van der Waals surface area (Å²) in [6, 6.07) is 24.1. The molecule has 2 aromatic heterocycles. The molecule has 2 heterocycles. The Morgan fingerprint density at radius 3 is 1.45 bits per heavy atom. The zero-order valence-corrected chi connectivity index (χ0v) is 41.0. The number of hydrogen-bond donors (Lipinski definition) is 4. The molecule has 0 saturated heterocycles. The third-order valence-electron chi connectivity index (χ3n) is 8.71. The van der Waals surface area contributed by atoms with Gasteiger partial charge < -0.3 is 40.6 Å². The van der Waals surface area contributed by atoms with Crippen molar-refractivity contribution in [3.05, 3.63) is 103 Å². The highest BCUT2D eigenvalue weighted by Gasteiger charge is 2.16. The van der Waals surface area contributed by atoms with Crippen molar-refractivity contribution in [2.45, 2.75) is 33.4 Å². The van der Waals surface area contributed by atoms with E-state index in [1.54, 1.807) is 121 Å². The maximum Gasteiger partial charge on any atom is 0.178 e. The first-order valence-electron chi connectivity index (χ1n) is 18.8. The molecule has 0 radical (unpaired) electrons. The standard InChI is InChI=1S/C21H24N4O4S2.C13H14ClN3O2S2.C8H11NO2.ClH/c1-5-31(26,27)15-7-9-19(30-4)16(11-15)25-21-12-20(22-13-23-21)24-14-6-8-17(28-2)18(10-14)29-3;1-3-21(18,19)9-4-5-11(20-2)10(6-9)17-13-7-12(14)15-8-16-13;1-10-7-4-3-6(9)5-8(7)11-2;/h6-13H,5H2,1-4H3,(H2,22,23,24,25);4-8H,3H2,1-2H3,(H,15,16,17);3-5H,9H2,1-2H3;1H. The summed E-state index contributed by atoms with van der Waals surface area (Å²) >= 11 is 8.84. The number of nitrogens with one attached hydrogen (secondary N) is 3. The summed E-state index contributed by atoms with van der Waals surface area (Å²) in [5, 5.41) is 9.80. The molecule has 22 heteroatoms. The van der Waals surface area contributed by atoms with E-state index in [9.17, 15) is 16.8 Å².